The van der Waals surface area contributed by atoms with Crippen LogP contribution in [0.4, 0.5) is 0 Å². The summed E-state index contributed by atoms with van der Waals surface area (Å²) in [5, 5.41) is 0. The van der Waals surface area contributed by atoms with Crippen LogP contribution >= 0.6 is 25.3 Å². The van der Waals surface area contributed by atoms with Gasteiger partial charge in [0.15, 0.2) is 0 Å². The quantitative estimate of drug-likeness (QED) is 0.636. The van der Waals surface area contributed by atoms with Crippen LogP contribution in [0, 0.1) is 0 Å². The van der Waals surface area contributed by atoms with Crippen LogP contribution < -0.4 is 0 Å². The number of hydrogen-bond acceptors (Lipinski definition) is 2. The van der Waals surface area contributed by atoms with Gasteiger partial charge < -0.3 is 0 Å². The topological polar surface area (TPSA) is 0 Å². The second-order valence-electron chi connectivity index (χ2n) is 4.39. The molecule has 2 aromatic carbocycles. The lowest BCUT2D eigenvalue weighted by molar-refractivity contribution is 1.43. The van der Waals surface area contributed by atoms with Crippen LogP contribution in [0.3, 0.4) is 0 Å². The molecule has 0 unspecified atom stereocenters. The molecule has 0 aliphatic heterocycles. The summed E-state index contributed by atoms with van der Waals surface area (Å²) >= 11 is 8.89. The van der Waals surface area contributed by atoms with Crippen molar-refractivity contribution >= 4 is 30.8 Å². The van der Waals surface area contributed by atoms with E-state index in [9.17, 15) is 0 Å². The number of fused-ring (bicyclic) bond motifs is 3. The first-order valence-electron chi connectivity index (χ1n) is 5.99. The molecule has 0 spiro atoms. The van der Waals surface area contributed by atoms with Gasteiger partial charge in [0, 0.05) is 11.5 Å². The summed E-state index contributed by atoms with van der Waals surface area (Å²) in [4.78, 5) is 0. The van der Waals surface area contributed by atoms with Crippen molar-refractivity contribution in [1.82, 2.24) is 0 Å². The summed E-state index contributed by atoms with van der Waals surface area (Å²) in [5.74, 6) is 1.50. The summed E-state index contributed by atoms with van der Waals surface area (Å²) in [6, 6.07) is 17.2. The Morgan fingerprint density at radius 3 is 1.44 bits per heavy atom. The van der Waals surface area contributed by atoms with Crippen molar-refractivity contribution in [2.45, 2.75) is 0 Å². The van der Waals surface area contributed by atoms with Crippen molar-refractivity contribution < 1.29 is 0 Å². The van der Waals surface area contributed by atoms with Gasteiger partial charge >= 0.3 is 0 Å². The van der Waals surface area contributed by atoms with Crippen molar-refractivity contribution in [1.29, 1.82) is 0 Å². The molecule has 2 aromatic rings. The maximum atomic E-state index is 4.45. The predicted molar refractivity (Wildman–Crippen MR) is 85.6 cm³/mol. The van der Waals surface area contributed by atoms with E-state index in [1.165, 1.54) is 33.4 Å². The van der Waals surface area contributed by atoms with Crippen LogP contribution in [0.25, 0.3) is 16.7 Å². The zero-order valence-electron chi connectivity index (χ0n) is 9.93. The van der Waals surface area contributed by atoms with Crippen LogP contribution in [0.5, 0.6) is 0 Å². The summed E-state index contributed by atoms with van der Waals surface area (Å²) < 4.78 is 0. The highest BCUT2D eigenvalue weighted by atomic mass is 32.1. The van der Waals surface area contributed by atoms with E-state index in [4.69, 9.17) is 0 Å². The Bertz CT molecular complexity index is 573. The first-order valence-corrected chi connectivity index (χ1v) is 7.26. The first kappa shape index (κ1) is 11.9. The van der Waals surface area contributed by atoms with Crippen LogP contribution in [0.2, 0.25) is 0 Å². The molecular weight excluding hydrogens is 256 g/mol. The molecule has 0 atom stereocenters. The molecule has 1 aliphatic rings. The molecule has 0 bridgehead atoms. The number of hydrogen-bond donors (Lipinski definition) is 2. The van der Waals surface area contributed by atoms with Gasteiger partial charge in [-0.3, -0.25) is 0 Å². The minimum absolute atomic E-state index is 0.751. The largest absolute Gasteiger partial charge is 0.175 e. The molecule has 0 N–H and O–H groups in total. The van der Waals surface area contributed by atoms with E-state index in [0.29, 0.717) is 0 Å². The van der Waals surface area contributed by atoms with Crippen LogP contribution in [-0.2, 0) is 0 Å². The zero-order valence-corrected chi connectivity index (χ0v) is 11.7. The first-order chi connectivity index (χ1) is 8.86. The van der Waals surface area contributed by atoms with Crippen LogP contribution in [-0.4, -0.2) is 11.5 Å². The zero-order chi connectivity index (χ0) is 12.5. The van der Waals surface area contributed by atoms with Gasteiger partial charge in [-0.1, -0.05) is 48.5 Å². The second-order valence-corrected chi connectivity index (χ2v) is 5.02. The monoisotopic (exact) mass is 270 g/mol. The highest BCUT2D eigenvalue weighted by Gasteiger charge is 2.24. The molecule has 0 saturated heterocycles. The van der Waals surface area contributed by atoms with Crippen molar-refractivity contribution in [2.75, 3.05) is 11.5 Å². The molecule has 0 radical (unpaired) electrons. The molecule has 0 fully saturated rings. The Labute approximate surface area is 119 Å². The normalized spacial score (nSPS) is 12.2. The molecule has 0 aromatic heterocycles. The number of thiol groups is 2. The SMILES string of the molecule is SCC(CS)=C1c2ccccc2-c2ccccc21. The molecular formula is C16H14S2. The summed E-state index contributed by atoms with van der Waals surface area (Å²) in [5.41, 5.74) is 7.90. The fourth-order valence-electron chi connectivity index (χ4n) is 2.61. The average Bonchev–Trinajstić information content (AvgIpc) is 2.76. The maximum absolute atomic E-state index is 4.45. The third-order valence-corrected chi connectivity index (χ3v) is 4.18. The van der Waals surface area contributed by atoms with Crippen LogP contribution in [0.1, 0.15) is 11.1 Å². The minimum atomic E-state index is 0.751. The molecule has 2 heteroatoms. The third kappa shape index (κ3) is 1.72. The maximum Gasteiger partial charge on any atom is 0.0130 e. The van der Waals surface area contributed by atoms with E-state index in [-0.39, 0.29) is 0 Å². The smallest absolute Gasteiger partial charge is 0.0130 e. The lowest BCUT2D eigenvalue weighted by Gasteiger charge is -2.09. The number of rotatable bonds is 2. The van der Waals surface area contributed by atoms with E-state index in [1.54, 1.807) is 0 Å². The van der Waals surface area contributed by atoms with E-state index < -0.39 is 0 Å². The molecule has 18 heavy (non-hydrogen) atoms. The van der Waals surface area contributed by atoms with Crippen molar-refractivity contribution in [3.05, 3.63) is 65.2 Å². The van der Waals surface area contributed by atoms with E-state index in [0.717, 1.165) is 11.5 Å². The van der Waals surface area contributed by atoms with Gasteiger partial charge in [0.05, 0.1) is 0 Å². The Morgan fingerprint density at radius 2 is 1.06 bits per heavy atom. The van der Waals surface area contributed by atoms with Gasteiger partial charge in [-0.05, 0) is 33.4 Å². The Morgan fingerprint density at radius 1 is 0.667 bits per heavy atom. The molecule has 3 rings (SSSR count). The average molecular weight is 270 g/mol. The highest BCUT2D eigenvalue weighted by Crippen LogP contribution is 2.45. The van der Waals surface area contributed by atoms with E-state index in [1.807, 2.05) is 0 Å². The van der Waals surface area contributed by atoms with Gasteiger partial charge in [-0.15, -0.1) is 0 Å². The fraction of sp³-hybridized carbons (Fsp3) is 0.125. The van der Waals surface area contributed by atoms with Gasteiger partial charge in [0.2, 0.25) is 0 Å². The van der Waals surface area contributed by atoms with Gasteiger partial charge in [-0.25, -0.2) is 0 Å². The molecule has 0 nitrogen and oxygen atoms in total. The minimum Gasteiger partial charge on any atom is -0.175 e. The van der Waals surface area contributed by atoms with Crippen molar-refractivity contribution in [3.8, 4) is 11.1 Å². The third-order valence-electron chi connectivity index (χ3n) is 3.42. The van der Waals surface area contributed by atoms with Gasteiger partial charge in [-0.2, -0.15) is 25.3 Å². The number of benzene rings is 2. The Kier molecular flexibility index (Phi) is 3.23. The summed E-state index contributed by atoms with van der Waals surface area (Å²) in [6.45, 7) is 0. The van der Waals surface area contributed by atoms with E-state index in [2.05, 4.69) is 73.8 Å². The second kappa shape index (κ2) is 4.87. The fourth-order valence-corrected chi connectivity index (χ4v) is 3.32. The standard InChI is InChI=1S/C16H14S2/c17-9-11(10-18)16-14-7-3-1-5-12(14)13-6-2-4-8-15(13)16/h1-8,17-18H,9-10H2. The molecule has 0 heterocycles. The lowest BCUT2D eigenvalue weighted by atomic mass is 10.00. The van der Waals surface area contributed by atoms with Crippen molar-refractivity contribution in [3.63, 3.8) is 0 Å². The molecule has 90 valence electrons. The summed E-state index contributed by atoms with van der Waals surface area (Å²) in [6.07, 6.45) is 0. The molecule has 0 saturated carbocycles. The Hall–Kier alpha value is -1.12. The van der Waals surface area contributed by atoms with Gasteiger partial charge in [0.25, 0.3) is 0 Å². The van der Waals surface area contributed by atoms with E-state index >= 15 is 0 Å². The summed E-state index contributed by atoms with van der Waals surface area (Å²) in [7, 11) is 0. The Balaban J connectivity index is 2.37. The van der Waals surface area contributed by atoms with Crippen molar-refractivity contribution in [2.24, 2.45) is 0 Å². The lowest BCUT2D eigenvalue weighted by Crippen LogP contribution is -1.94. The van der Waals surface area contributed by atoms with Gasteiger partial charge in [0.1, 0.15) is 0 Å². The molecule has 0 amide bonds. The predicted octanol–water partition coefficient (Wildman–Crippen LogP) is 4.33. The highest BCUT2D eigenvalue weighted by molar-refractivity contribution is 7.81. The molecule has 1 aliphatic carbocycles. The van der Waals surface area contributed by atoms with Crippen LogP contribution in [0.15, 0.2) is 54.1 Å².